The van der Waals surface area contributed by atoms with E-state index in [1.165, 1.54) is 20.8 Å². The Labute approximate surface area is 154 Å². The zero-order valence-electron chi connectivity index (χ0n) is 15.0. The predicted molar refractivity (Wildman–Crippen MR) is 91.4 cm³/mol. The molecule has 0 bridgehead atoms. The van der Waals surface area contributed by atoms with Gasteiger partial charge in [-0.05, 0) is 20.8 Å². The van der Waals surface area contributed by atoms with Crippen molar-refractivity contribution < 1.29 is 33.8 Å². The van der Waals surface area contributed by atoms with Crippen molar-refractivity contribution >= 4 is 34.7 Å². The first-order valence-electron chi connectivity index (χ1n) is 7.64. The molecule has 12 heteroatoms. The molecule has 0 aromatic rings. The van der Waals surface area contributed by atoms with Crippen molar-refractivity contribution in [3.63, 3.8) is 0 Å². The fourth-order valence-corrected chi connectivity index (χ4v) is 2.21. The summed E-state index contributed by atoms with van der Waals surface area (Å²) in [6.45, 7) is 5.01. The lowest BCUT2D eigenvalue weighted by atomic mass is 9.93. The lowest BCUT2D eigenvalue weighted by Crippen LogP contribution is -2.50. The minimum absolute atomic E-state index is 0.0730. The molecule has 0 aromatic carbocycles. The molecule has 2 amide bonds. The van der Waals surface area contributed by atoms with Crippen LogP contribution < -0.4 is 10.6 Å². The molecule has 0 saturated heterocycles. The predicted octanol–water partition coefficient (Wildman–Crippen LogP) is -0.335. The highest BCUT2D eigenvalue weighted by Crippen LogP contribution is 2.17. The lowest BCUT2D eigenvalue weighted by molar-refractivity contribution is -0.760. The summed E-state index contributed by atoms with van der Waals surface area (Å²) in [6.07, 6.45) is 0. The SMILES string of the molecule is CCOC(=O)[C@H](CSC(=O)CNC(C)=O)NC(=O)C(C)(C)CO[N+](=O)[O-]. The Hall–Kier alpha value is -2.37. The summed E-state index contributed by atoms with van der Waals surface area (Å²) in [6, 6.07) is -1.14. The van der Waals surface area contributed by atoms with Gasteiger partial charge in [0.1, 0.15) is 12.6 Å². The molecule has 0 aliphatic rings. The van der Waals surface area contributed by atoms with Crippen LogP contribution >= 0.6 is 11.8 Å². The van der Waals surface area contributed by atoms with Crippen molar-refractivity contribution in [1.82, 2.24) is 10.6 Å². The number of amides is 2. The molecule has 11 nitrogen and oxygen atoms in total. The topological polar surface area (TPSA) is 154 Å². The highest BCUT2D eigenvalue weighted by atomic mass is 32.2. The number of hydrogen-bond acceptors (Lipinski definition) is 9. The quantitative estimate of drug-likeness (QED) is 0.273. The van der Waals surface area contributed by atoms with Crippen LogP contribution in [0.25, 0.3) is 0 Å². The third-order valence-corrected chi connectivity index (χ3v) is 3.88. The maximum Gasteiger partial charge on any atom is 0.329 e. The molecule has 0 spiro atoms. The average molecular weight is 393 g/mol. The Morgan fingerprint density at radius 2 is 1.88 bits per heavy atom. The van der Waals surface area contributed by atoms with E-state index in [9.17, 15) is 29.3 Å². The molecule has 0 aromatic heterocycles. The van der Waals surface area contributed by atoms with Gasteiger partial charge in [-0.1, -0.05) is 11.8 Å². The summed E-state index contributed by atoms with van der Waals surface area (Å²) < 4.78 is 4.86. The van der Waals surface area contributed by atoms with Crippen molar-refractivity contribution in [2.75, 3.05) is 25.5 Å². The van der Waals surface area contributed by atoms with E-state index in [-0.39, 0.29) is 24.8 Å². The zero-order chi connectivity index (χ0) is 20.3. The molecule has 1 atom stereocenters. The van der Waals surface area contributed by atoms with Crippen LogP contribution in [-0.2, 0) is 28.8 Å². The highest BCUT2D eigenvalue weighted by Gasteiger charge is 2.33. The number of rotatable bonds is 11. The maximum atomic E-state index is 12.3. The van der Waals surface area contributed by atoms with Crippen LogP contribution in [0.5, 0.6) is 0 Å². The molecule has 148 valence electrons. The molecule has 0 aliphatic heterocycles. The van der Waals surface area contributed by atoms with Crippen LogP contribution in [0.4, 0.5) is 0 Å². The van der Waals surface area contributed by atoms with Crippen LogP contribution in [0.2, 0.25) is 0 Å². The fourth-order valence-electron chi connectivity index (χ4n) is 1.47. The van der Waals surface area contributed by atoms with Crippen LogP contribution in [-0.4, -0.2) is 59.5 Å². The number of nitrogens with zero attached hydrogens (tertiary/aromatic N) is 1. The summed E-state index contributed by atoms with van der Waals surface area (Å²) in [5, 5.41) is 13.6. The second kappa shape index (κ2) is 11.3. The molecule has 0 radical (unpaired) electrons. The molecular weight excluding hydrogens is 370 g/mol. The molecular formula is C14H23N3O8S. The maximum absolute atomic E-state index is 12.3. The second-order valence-corrected chi connectivity index (χ2v) is 6.83. The Morgan fingerprint density at radius 1 is 1.27 bits per heavy atom. The molecule has 0 heterocycles. The number of ether oxygens (including phenoxy) is 1. The average Bonchev–Trinajstić information content (AvgIpc) is 2.54. The Morgan fingerprint density at radius 3 is 2.38 bits per heavy atom. The van der Waals surface area contributed by atoms with Gasteiger partial charge in [0, 0.05) is 12.7 Å². The van der Waals surface area contributed by atoms with Gasteiger partial charge in [0.2, 0.25) is 16.9 Å². The van der Waals surface area contributed by atoms with Crippen molar-refractivity contribution in [1.29, 1.82) is 0 Å². The lowest BCUT2D eigenvalue weighted by Gasteiger charge is -2.25. The van der Waals surface area contributed by atoms with E-state index < -0.39 is 40.1 Å². The van der Waals surface area contributed by atoms with E-state index >= 15 is 0 Å². The van der Waals surface area contributed by atoms with Gasteiger partial charge in [-0.2, -0.15) is 0 Å². The van der Waals surface area contributed by atoms with Gasteiger partial charge >= 0.3 is 5.97 Å². The van der Waals surface area contributed by atoms with Gasteiger partial charge in [0.25, 0.3) is 5.09 Å². The summed E-state index contributed by atoms with van der Waals surface area (Å²) in [5.41, 5.74) is -1.29. The molecule has 0 saturated carbocycles. The van der Waals surface area contributed by atoms with Gasteiger partial charge in [-0.15, -0.1) is 10.1 Å². The van der Waals surface area contributed by atoms with E-state index in [0.717, 1.165) is 11.8 Å². The van der Waals surface area contributed by atoms with Gasteiger partial charge in [0.05, 0.1) is 18.6 Å². The van der Waals surface area contributed by atoms with E-state index in [4.69, 9.17) is 4.74 Å². The third-order valence-electron chi connectivity index (χ3n) is 2.91. The van der Waals surface area contributed by atoms with Gasteiger partial charge in [-0.3, -0.25) is 14.4 Å². The monoisotopic (exact) mass is 393 g/mol. The van der Waals surface area contributed by atoms with E-state index in [1.54, 1.807) is 6.92 Å². The van der Waals surface area contributed by atoms with Gasteiger partial charge in [0.15, 0.2) is 0 Å². The standard InChI is InChI=1S/C14H23N3O8S/c1-5-24-12(20)10(7-26-11(19)6-15-9(2)18)16-13(21)14(3,4)8-25-17(22)23/h10H,5-8H2,1-4H3,(H,15,18)(H,16,21)/t10-/m0/s1. The molecule has 0 aliphatic carbocycles. The molecule has 26 heavy (non-hydrogen) atoms. The van der Waals surface area contributed by atoms with Gasteiger partial charge < -0.3 is 20.2 Å². The number of thioether (sulfide) groups is 1. The van der Waals surface area contributed by atoms with Crippen molar-refractivity contribution in [3.8, 4) is 0 Å². The van der Waals surface area contributed by atoms with Crippen molar-refractivity contribution in [3.05, 3.63) is 10.1 Å². The zero-order valence-corrected chi connectivity index (χ0v) is 15.8. The fraction of sp³-hybridized carbons (Fsp3) is 0.714. The molecule has 2 N–H and O–H groups in total. The molecule has 0 rings (SSSR count). The Balaban J connectivity index is 4.84. The first-order chi connectivity index (χ1) is 12.0. The number of carbonyl (C=O) groups is 4. The van der Waals surface area contributed by atoms with Crippen LogP contribution in [0.3, 0.4) is 0 Å². The van der Waals surface area contributed by atoms with Crippen LogP contribution in [0.15, 0.2) is 0 Å². The van der Waals surface area contributed by atoms with Crippen LogP contribution in [0, 0.1) is 15.5 Å². The molecule has 0 fully saturated rings. The minimum Gasteiger partial charge on any atom is -0.464 e. The van der Waals surface area contributed by atoms with E-state index in [1.807, 2.05) is 0 Å². The summed E-state index contributed by atoms with van der Waals surface area (Å²) in [7, 11) is 0. The van der Waals surface area contributed by atoms with Gasteiger partial charge in [-0.25, -0.2) is 4.79 Å². The van der Waals surface area contributed by atoms with E-state index in [0.29, 0.717) is 0 Å². The summed E-state index contributed by atoms with van der Waals surface area (Å²) in [5.74, 6) is -1.91. The number of carbonyl (C=O) groups excluding carboxylic acids is 4. The molecule has 0 unspecified atom stereocenters. The van der Waals surface area contributed by atoms with Crippen LogP contribution in [0.1, 0.15) is 27.7 Å². The summed E-state index contributed by atoms with van der Waals surface area (Å²) >= 11 is 0.743. The smallest absolute Gasteiger partial charge is 0.329 e. The number of hydrogen-bond donors (Lipinski definition) is 2. The summed E-state index contributed by atoms with van der Waals surface area (Å²) in [4.78, 5) is 61.2. The normalized spacial score (nSPS) is 11.8. The van der Waals surface area contributed by atoms with E-state index in [2.05, 4.69) is 15.5 Å². The Bertz CT molecular complexity index is 552. The number of nitrogens with one attached hydrogen (secondary N) is 2. The number of esters is 1. The first kappa shape index (κ1) is 23.6. The third kappa shape index (κ3) is 9.81. The van der Waals surface area contributed by atoms with Crippen molar-refractivity contribution in [2.24, 2.45) is 5.41 Å². The Kier molecular flexibility index (Phi) is 10.3. The second-order valence-electron chi connectivity index (χ2n) is 5.75. The highest BCUT2D eigenvalue weighted by molar-refractivity contribution is 8.13. The first-order valence-corrected chi connectivity index (χ1v) is 8.63. The largest absolute Gasteiger partial charge is 0.464 e. The van der Waals surface area contributed by atoms with Crippen molar-refractivity contribution in [2.45, 2.75) is 33.7 Å². The minimum atomic E-state index is -1.29.